The standard InChI is InChI=1S/C14H5Cl2F3N2O/c15-7-5-8(16)11(19)4-6(7)13-20-21-14(22-13)12-9(17)2-1-3-10(12)18/h1-5H. The second-order valence-corrected chi connectivity index (χ2v) is 5.07. The largest absolute Gasteiger partial charge is 0.416 e. The lowest BCUT2D eigenvalue weighted by Crippen LogP contribution is -1.89. The Kier molecular flexibility index (Phi) is 3.80. The van der Waals surface area contributed by atoms with Gasteiger partial charge in [0.1, 0.15) is 23.0 Å². The molecule has 0 unspecified atom stereocenters. The monoisotopic (exact) mass is 344 g/mol. The summed E-state index contributed by atoms with van der Waals surface area (Å²) < 4.78 is 46.0. The highest BCUT2D eigenvalue weighted by Gasteiger charge is 2.20. The molecule has 3 rings (SSSR count). The van der Waals surface area contributed by atoms with E-state index in [1.165, 1.54) is 12.1 Å². The predicted octanol–water partition coefficient (Wildman–Crippen LogP) is 5.13. The van der Waals surface area contributed by atoms with E-state index in [2.05, 4.69) is 10.2 Å². The molecule has 22 heavy (non-hydrogen) atoms. The van der Waals surface area contributed by atoms with E-state index in [0.29, 0.717) is 0 Å². The van der Waals surface area contributed by atoms with E-state index >= 15 is 0 Å². The lowest BCUT2D eigenvalue weighted by Gasteiger charge is -2.01. The van der Waals surface area contributed by atoms with Crippen LogP contribution in [-0.4, -0.2) is 10.2 Å². The van der Waals surface area contributed by atoms with Gasteiger partial charge in [-0.2, -0.15) is 0 Å². The Morgan fingerprint density at radius 1 is 0.818 bits per heavy atom. The number of benzene rings is 2. The van der Waals surface area contributed by atoms with Gasteiger partial charge in [0.2, 0.25) is 5.89 Å². The first-order valence-electron chi connectivity index (χ1n) is 5.90. The van der Waals surface area contributed by atoms with E-state index in [4.69, 9.17) is 27.6 Å². The van der Waals surface area contributed by atoms with Crippen LogP contribution >= 0.6 is 23.2 Å². The highest BCUT2D eigenvalue weighted by Crippen LogP contribution is 2.33. The molecule has 0 fully saturated rings. The van der Waals surface area contributed by atoms with Crippen LogP contribution in [0.5, 0.6) is 0 Å². The van der Waals surface area contributed by atoms with Crippen LogP contribution in [0.2, 0.25) is 10.0 Å². The fourth-order valence-electron chi connectivity index (χ4n) is 1.82. The molecule has 0 atom stereocenters. The van der Waals surface area contributed by atoms with Gasteiger partial charge >= 0.3 is 0 Å². The topological polar surface area (TPSA) is 38.9 Å². The van der Waals surface area contributed by atoms with Gasteiger partial charge in [-0.3, -0.25) is 0 Å². The zero-order chi connectivity index (χ0) is 15.9. The van der Waals surface area contributed by atoms with Gasteiger partial charge in [-0.1, -0.05) is 29.3 Å². The average molecular weight is 345 g/mol. The molecule has 0 saturated heterocycles. The Bertz CT molecular complexity index is 847. The van der Waals surface area contributed by atoms with E-state index in [1.807, 2.05) is 0 Å². The fourth-order valence-corrected chi connectivity index (χ4v) is 2.29. The first kappa shape index (κ1) is 14.9. The van der Waals surface area contributed by atoms with Crippen molar-refractivity contribution in [2.45, 2.75) is 0 Å². The van der Waals surface area contributed by atoms with E-state index < -0.39 is 23.0 Å². The van der Waals surface area contributed by atoms with E-state index in [-0.39, 0.29) is 27.4 Å². The second kappa shape index (κ2) is 5.62. The smallest absolute Gasteiger partial charge is 0.254 e. The molecule has 1 aromatic heterocycles. The van der Waals surface area contributed by atoms with Crippen molar-refractivity contribution in [3.63, 3.8) is 0 Å². The lowest BCUT2D eigenvalue weighted by atomic mass is 10.2. The molecule has 0 aliphatic carbocycles. The summed E-state index contributed by atoms with van der Waals surface area (Å²) in [6.07, 6.45) is 0. The molecule has 0 radical (unpaired) electrons. The van der Waals surface area contributed by atoms with E-state index in [1.54, 1.807) is 0 Å². The van der Waals surface area contributed by atoms with Gasteiger partial charge in [-0.05, 0) is 24.3 Å². The van der Waals surface area contributed by atoms with Crippen molar-refractivity contribution in [3.05, 3.63) is 57.8 Å². The molecule has 0 spiro atoms. The summed E-state index contributed by atoms with van der Waals surface area (Å²) in [5.74, 6) is -3.01. The lowest BCUT2D eigenvalue weighted by molar-refractivity contribution is 0.547. The molecule has 0 bridgehead atoms. The zero-order valence-electron chi connectivity index (χ0n) is 10.6. The molecule has 8 heteroatoms. The average Bonchev–Trinajstić information content (AvgIpc) is 2.92. The fraction of sp³-hybridized carbons (Fsp3) is 0. The molecule has 0 amide bonds. The maximum absolute atomic E-state index is 13.7. The number of hydrogen-bond donors (Lipinski definition) is 0. The maximum atomic E-state index is 13.7. The molecule has 0 aliphatic heterocycles. The van der Waals surface area contributed by atoms with Gasteiger partial charge < -0.3 is 4.42 Å². The Hall–Kier alpha value is -2.05. The summed E-state index contributed by atoms with van der Waals surface area (Å²) in [7, 11) is 0. The van der Waals surface area contributed by atoms with Gasteiger partial charge in [0.25, 0.3) is 5.89 Å². The molecule has 0 saturated carbocycles. The van der Waals surface area contributed by atoms with Crippen LogP contribution in [0.3, 0.4) is 0 Å². The number of halogens is 5. The van der Waals surface area contributed by atoms with Crippen LogP contribution in [0.4, 0.5) is 13.2 Å². The second-order valence-electron chi connectivity index (χ2n) is 4.26. The quantitative estimate of drug-likeness (QED) is 0.605. The molecule has 0 N–H and O–H groups in total. The first-order valence-corrected chi connectivity index (χ1v) is 6.66. The Morgan fingerprint density at radius 2 is 1.45 bits per heavy atom. The predicted molar refractivity (Wildman–Crippen MR) is 75.1 cm³/mol. The SMILES string of the molecule is Fc1cc(-c2nnc(-c3c(F)cccc3F)o2)c(Cl)cc1Cl. The minimum Gasteiger partial charge on any atom is -0.416 e. The van der Waals surface area contributed by atoms with Crippen LogP contribution in [0.25, 0.3) is 22.9 Å². The molecular formula is C14H5Cl2F3N2O. The van der Waals surface area contributed by atoms with Crippen molar-refractivity contribution in [3.8, 4) is 22.9 Å². The van der Waals surface area contributed by atoms with Crippen LogP contribution in [0.1, 0.15) is 0 Å². The Balaban J connectivity index is 2.11. The van der Waals surface area contributed by atoms with Gasteiger partial charge in [0.05, 0.1) is 15.6 Å². The van der Waals surface area contributed by atoms with Gasteiger partial charge in [0, 0.05) is 0 Å². The van der Waals surface area contributed by atoms with Gasteiger partial charge in [-0.25, -0.2) is 13.2 Å². The first-order chi connectivity index (χ1) is 10.5. The summed E-state index contributed by atoms with van der Waals surface area (Å²) in [6, 6.07) is 5.48. The third kappa shape index (κ3) is 2.55. The van der Waals surface area contributed by atoms with Crippen molar-refractivity contribution in [2.24, 2.45) is 0 Å². The summed E-state index contributed by atoms with van der Waals surface area (Å²) >= 11 is 11.5. The summed E-state index contributed by atoms with van der Waals surface area (Å²) in [4.78, 5) is 0. The number of rotatable bonds is 2. The Labute approximate surface area is 132 Å². The van der Waals surface area contributed by atoms with Crippen molar-refractivity contribution in [2.75, 3.05) is 0 Å². The summed E-state index contributed by atoms with van der Waals surface area (Å²) in [5.41, 5.74) is -0.397. The molecule has 3 nitrogen and oxygen atoms in total. The van der Waals surface area contributed by atoms with Gasteiger partial charge in [-0.15, -0.1) is 10.2 Å². The third-order valence-corrected chi connectivity index (χ3v) is 3.44. The van der Waals surface area contributed by atoms with E-state index in [0.717, 1.165) is 18.2 Å². The minimum absolute atomic E-state index is 0.0654. The molecule has 1 heterocycles. The van der Waals surface area contributed by atoms with Crippen molar-refractivity contribution < 1.29 is 17.6 Å². The van der Waals surface area contributed by atoms with E-state index in [9.17, 15) is 13.2 Å². The highest BCUT2D eigenvalue weighted by atomic mass is 35.5. The van der Waals surface area contributed by atoms with Crippen molar-refractivity contribution >= 4 is 23.2 Å². The molecular weight excluding hydrogens is 340 g/mol. The van der Waals surface area contributed by atoms with Gasteiger partial charge in [0.15, 0.2) is 0 Å². The van der Waals surface area contributed by atoms with Crippen molar-refractivity contribution in [1.82, 2.24) is 10.2 Å². The summed E-state index contributed by atoms with van der Waals surface area (Å²) in [5, 5.41) is 7.09. The third-order valence-electron chi connectivity index (χ3n) is 2.84. The number of nitrogens with zero attached hydrogens (tertiary/aromatic N) is 2. The molecule has 3 aromatic rings. The molecule has 112 valence electrons. The molecule has 2 aromatic carbocycles. The minimum atomic E-state index is -0.858. The maximum Gasteiger partial charge on any atom is 0.254 e. The van der Waals surface area contributed by atoms with Crippen LogP contribution < -0.4 is 0 Å². The van der Waals surface area contributed by atoms with Crippen molar-refractivity contribution in [1.29, 1.82) is 0 Å². The zero-order valence-corrected chi connectivity index (χ0v) is 12.1. The number of hydrogen-bond acceptors (Lipinski definition) is 3. The van der Waals surface area contributed by atoms with Crippen LogP contribution in [0.15, 0.2) is 34.7 Å². The number of aromatic nitrogens is 2. The summed E-state index contributed by atoms with van der Waals surface area (Å²) in [6.45, 7) is 0. The normalized spacial score (nSPS) is 11.0. The van der Waals surface area contributed by atoms with Crippen LogP contribution in [0, 0.1) is 17.5 Å². The Morgan fingerprint density at radius 3 is 2.14 bits per heavy atom. The highest BCUT2D eigenvalue weighted by molar-refractivity contribution is 6.36. The van der Waals surface area contributed by atoms with Crippen LogP contribution in [-0.2, 0) is 0 Å². The molecule has 0 aliphatic rings.